The minimum atomic E-state index is -2.07. The average Bonchev–Trinajstić information content (AvgIpc) is 2.85. The standard InChI is InChI=1S/C17H21FNO2.3CH3.Sn/c1-21-17(20)16-14(12-5-3-2-4-6-12)11-13-7-8-15(16)19(13)10-9-18;;;;/h3-6,13-16H,7-11H2,1H3;3*1H3;/t13-,14+,15+,16-;;;;/m0..../s1. The maximum absolute atomic E-state index is 13.0. The van der Waals surface area contributed by atoms with Gasteiger partial charge in [-0.2, -0.15) is 0 Å². The number of rotatable bonds is 5. The predicted molar refractivity (Wildman–Crippen MR) is 102 cm³/mol. The van der Waals surface area contributed by atoms with Crippen molar-refractivity contribution in [3.05, 3.63) is 29.8 Å². The summed E-state index contributed by atoms with van der Waals surface area (Å²) in [5, 5.41) is 0. The van der Waals surface area contributed by atoms with Gasteiger partial charge in [0.15, 0.2) is 0 Å². The topological polar surface area (TPSA) is 29.5 Å². The number of fused-ring (bicyclic) bond motifs is 2. The molecule has 2 aliphatic heterocycles. The second kappa shape index (κ2) is 7.55. The second-order valence-electron chi connectivity index (χ2n) is 8.49. The van der Waals surface area contributed by atoms with Crippen LogP contribution in [-0.4, -0.2) is 61.7 Å². The van der Waals surface area contributed by atoms with Gasteiger partial charge in [0, 0.05) is 0 Å². The zero-order chi connectivity index (χ0) is 18.2. The normalized spacial score (nSPS) is 29.6. The number of nitrogens with zero attached hydrogens (tertiary/aromatic N) is 1. The Balaban J connectivity index is 1.91. The fraction of sp³-hybridized carbons (Fsp3) is 0.650. The summed E-state index contributed by atoms with van der Waals surface area (Å²) in [6.07, 6.45) is 2.96. The summed E-state index contributed by atoms with van der Waals surface area (Å²) in [6.45, 7) is 0.0891. The van der Waals surface area contributed by atoms with Gasteiger partial charge >= 0.3 is 155 Å². The summed E-state index contributed by atoms with van der Waals surface area (Å²) in [5.41, 5.74) is 1.24. The fourth-order valence-electron chi connectivity index (χ4n) is 4.79. The van der Waals surface area contributed by atoms with E-state index in [0.717, 1.165) is 19.3 Å². The van der Waals surface area contributed by atoms with E-state index in [0.29, 0.717) is 12.6 Å². The van der Waals surface area contributed by atoms with Gasteiger partial charge in [-0.3, -0.25) is 0 Å². The van der Waals surface area contributed by atoms with Crippen LogP contribution in [0, 0.1) is 5.92 Å². The molecular formula is C20H30FNO2Sn. The van der Waals surface area contributed by atoms with Crippen LogP contribution in [0.25, 0.3) is 0 Å². The summed E-state index contributed by atoms with van der Waals surface area (Å²) in [7, 11) is 1.47. The van der Waals surface area contributed by atoms with Gasteiger partial charge in [-0.25, -0.2) is 0 Å². The van der Waals surface area contributed by atoms with Crippen LogP contribution in [0.15, 0.2) is 24.3 Å². The Morgan fingerprint density at radius 1 is 1.24 bits per heavy atom. The van der Waals surface area contributed by atoms with Crippen LogP contribution in [0.1, 0.15) is 30.7 Å². The van der Waals surface area contributed by atoms with Crippen molar-refractivity contribution in [2.45, 2.75) is 52.1 Å². The first kappa shape index (κ1) is 19.1. The molecule has 0 aliphatic carbocycles. The van der Waals surface area contributed by atoms with Gasteiger partial charge in [0.2, 0.25) is 0 Å². The van der Waals surface area contributed by atoms with Gasteiger partial charge < -0.3 is 0 Å². The quantitative estimate of drug-likeness (QED) is 0.506. The zero-order valence-corrected chi connectivity index (χ0v) is 18.7. The molecule has 0 N–H and O–H groups in total. The molecule has 3 nitrogen and oxygen atoms in total. The number of esters is 1. The van der Waals surface area contributed by atoms with E-state index in [1.54, 1.807) is 0 Å². The molecule has 2 fully saturated rings. The van der Waals surface area contributed by atoms with E-state index in [2.05, 4.69) is 44.0 Å². The Hall–Kier alpha value is -0.621. The third-order valence-electron chi connectivity index (χ3n) is 6.09. The van der Waals surface area contributed by atoms with Crippen LogP contribution >= 0.6 is 0 Å². The fourth-order valence-corrected chi connectivity index (χ4v) is 8.12. The molecule has 3 rings (SSSR count). The first-order chi connectivity index (χ1) is 11.9. The number of ether oxygens (including phenoxy) is 1. The van der Waals surface area contributed by atoms with E-state index in [9.17, 15) is 9.18 Å². The molecular weight excluding hydrogens is 424 g/mol. The van der Waals surface area contributed by atoms with Crippen molar-refractivity contribution in [1.29, 1.82) is 0 Å². The molecule has 0 aromatic heterocycles. The molecule has 5 heteroatoms. The molecule has 138 valence electrons. The molecule has 25 heavy (non-hydrogen) atoms. The van der Waals surface area contributed by atoms with Crippen LogP contribution in [0.5, 0.6) is 0 Å². The van der Waals surface area contributed by atoms with Crippen LogP contribution in [0.4, 0.5) is 4.39 Å². The minimum absolute atomic E-state index is 0.119. The number of benzene rings is 1. The Bertz CT molecular complexity index is 613. The van der Waals surface area contributed by atoms with Crippen molar-refractivity contribution >= 4 is 27.9 Å². The number of carbonyl (C=O) groups excluding carboxylic acids is 1. The van der Waals surface area contributed by atoms with Gasteiger partial charge in [-0.1, -0.05) is 0 Å². The molecule has 0 amide bonds. The first-order valence-electron chi connectivity index (χ1n) is 9.36. The molecule has 1 aromatic rings. The van der Waals surface area contributed by atoms with Gasteiger partial charge in [0.05, 0.1) is 0 Å². The van der Waals surface area contributed by atoms with Crippen molar-refractivity contribution in [2.24, 2.45) is 5.92 Å². The summed E-state index contributed by atoms with van der Waals surface area (Å²) < 4.78 is 19.6. The Morgan fingerprint density at radius 3 is 2.48 bits per heavy atom. The van der Waals surface area contributed by atoms with Crippen LogP contribution in [0.2, 0.25) is 14.8 Å². The Labute approximate surface area is 154 Å². The number of carbonyl (C=O) groups is 1. The second-order valence-corrected chi connectivity index (χ2v) is 23.0. The van der Waals surface area contributed by atoms with E-state index >= 15 is 0 Å². The van der Waals surface area contributed by atoms with Gasteiger partial charge in [-0.05, 0) is 0 Å². The molecule has 1 aromatic carbocycles. The van der Waals surface area contributed by atoms with Crippen LogP contribution in [-0.2, 0) is 9.53 Å². The van der Waals surface area contributed by atoms with Crippen molar-refractivity contribution < 1.29 is 13.9 Å². The number of piperidine rings is 1. The van der Waals surface area contributed by atoms with Gasteiger partial charge in [0.1, 0.15) is 0 Å². The number of hydrogen-bond acceptors (Lipinski definition) is 3. The third-order valence-corrected chi connectivity index (χ3v) is 12.0. The van der Waals surface area contributed by atoms with E-state index in [-0.39, 0.29) is 30.5 Å². The average molecular weight is 454 g/mol. The van der Waals surface area contributed by atoms with Crippen LogP contribution < -0.4 is 3.58 Å². The van der Waals surface area contributed by atoms with Crippen LogP contribution in [0.3, 0.4) is 0 Å². The van der Waals surface area contributed by atoms with Crippen molar-refractivity contribution in [3.8, 4) is 0 Å². The van der Waals surface area contributed by atoms with E-state index in [4.69, 9.17) is 4.74 Å². The monoisotopic (exact) mass is 455 g/mol. The number of hydrogen-bond donors (Lipinski definition) is 0. The summed E-state index contributed by atoms with van der Waals surface area (Å²) in [4.78, 5) is 22.0. The molecule has 2 bridgehead atoms. The van der Waals surface area contributed by atoms with Crippen molar-refractivity contribution in [2.75, 3.05) is 20.3 Å². The molecule has 0 saturated carbocycles. The van der Waals surface area contributed by atoms with Crippen molar-refractivity contribution in [1.82, 2.24) is 4.90 Å². The molecule has 0 unspecified atom stereocenters. The van der Waals surface area contributed by atoms with E-state index in [1.165, 1.54) is 16.3 Å². The zero-order valence-electron chi connectivity index (χ0n) is 15.8. The predicted octanol–water partition coefficient (Wildman–Crippen LogP) is 3.31. The maximum atomic E-state index is 13.0. The molecule has 4 atom stereocenters. The Kier molecular flexibility index (Phi) is 5.78. The third kappa shape index (κ3) is 3.75. The van der Waals surface area contributed by atoms with Gasteiger partial charge in [0.25, 0.3) is 0 Å². The molecule has 2 heterocycles. The van der Waals surface area contributed by atoms with Crippen molar-refractivity contribution in [3.63, 3.8) is 0 Å². The summed E-state index contributed by atoms with van der Waals surface area (Å²) in [6, 6.07) is 9.51. The summed E-state index contributed by atoms with van der Waals surface area (Å²) in [5.74, 6) is -0.136. The number of methoxy groups -OCH3 is 1. The molecule has 0 radical (unpaired) electrons. The number of alkyl halides is 1. The Morgan fingerprint density at radius 2 is 1.92 bits per heavy atom. The number of halogens is 1. The summed E-state index contributed by atoms with van der Waals surface area (Å²) >= 11 is -2.07. The van der Waals surface area contributed by atoms with Gasteiger partial charge in [-0.15, -0.1) is 0 Å². The molecule has 2 aliphatic rings. The first-order valence-corrected chi connectivity index (χ1v) is 19.4. The molecule has 2 saturated heterocycles. The van der Waals surface area contributed by atoms with E-state index in [1.807, 2.05) is 0 Å². The SMILES string of the molecule is COC(=O)[C@H]1[C@@H](c2cc[c]([Sn]([CH3])([CH3])[CH3])cc2)C[C@@H]2CC[C@H]1N2CCF. The molecule has 0 spiro atoms. The van der Waals surface area contributed by atoms with E-state index < -0.39 is 18.4 Å².